The number of ketones is 1. The molecule has 0 spiro atoms. The van der Waals surface area contributed by atoms with Crippen LogP contribution in [0.5, 0.6) is 0 Å². The molecule has 154 valence electrons. The lowest BCUT2D eigenvalue weighted by molar-refractivity contribution is -0.120. The van der Waals surface area contributed by atoms with Crippen molar-refractivity contribution in [2.24, 2.45) is 0 Å². The molecule has 0 aliphatic carbocycles. The lowest BCUT2D eigenvalue weighted by Gasteiger charge is -2.14. The molecule has 0 bridgehead atoms. The SMILES string of the molecule is CCCCCCCCCCCCCCCC(=O)C(CC)c1ccc(F)cc1. The first-order valence-corrected chi connectivity index (χ1v) is 11.5. The van der Waals surface area contributed by atoms with Gasteiger partial charge in [-0.15, -0.1) is 0 Å². The summed E-state index contributed by atoms with van der Waals surface area (Å²) in [5.41, 5.74) is 0.957. The molecule has 27 heavy (non-hydrogen) atoms. The Kier molecular flexibility index (Phi) is 14.0. The molecule has 2 heteroatoms. The van der Waals surface area contributed by atoms with Gasteiger partial charge in [0.25, 0.3) is 0 Å². The molecule has 0 aliphatic heterocycles. The molecule has 1 atom stereocenters. The summed E-state index contributed by atoms with van der Waals surface area (Å²) in [4.78, 5) is 12.5. The van der Waals surface area contributed by atoms with Crippen molar-refractivity contribution in [2.75, 3.05) is 0 Å². The molecule has 0 amide bonds. The zero-order valence-corrected chi connectivity index (χ0v) is 17.8. The van der Waals surface area contributed by atoms with E-state index in [1.165, 1.54) is 82.8 Å². The maximum absolute atomic E-state index is 13.1. The second-order valence-electron chi connectivity index (χ2n) is 7.97. The van der Waals surface area contributed by atoms with Crippen LogP contribution in [0.15, 0.2) is 24.3 Å². The zero-order chi connectivity index (χ0) is 19.7. The van der Waals surface area contributed by atoms with Crippen LogP contribution in [-0.2, 0) is 4.79 Å². The Bertz CT molecular complexity index is 480. The summed E-state index contributed by atoms with van der Waals surface area (Å²) in [5.74, 6) is 0.00709. The van der Waals surface area contributed by atoms with Crippen molar-refractivity contribution in [1.29, 1.82) is 0 Å². The molecule has 0 N–H and O–H groups in total. The second kappa shape index (κ2) is 15.8. The summed E-state index contributed by atoms with van der Waals surface area (Å²) in [7, 11) is 0. The van der Waals surface area contributed by atoms with Gasteiger partial charge in [-0.2, -0.15) is 0 Å². The molecule has 1 nitrogen and oxygen atoms in total. The van der Waals surface area contributed by atoms with Crippen molar-refractivity contribution in [3.8, 4) is 0 Å². The van der Waals surface area contributed by atoms with Crippen molar-refractivity contribution < 1.29 is 9.18 Å². The van der Waals surface area contributed by atoms with Crippen LogP contribution in [0.25, 0.3) is 0 Å². The summed E-state index contributed by atoms with van der Waals surface area (Å²) < 4.78 is 13.1. The van der Waals surface area contributed by atoms with Gasteiger partial charge in [-0.1, -0.05) is 103 Å². The quantitative estimate of drug-likeness (QED) is 0.250. The summed E-state index contributed by atoms with van der Waals surface area (Å²) >= 11 is 0. The highest BCUT2D eigenvalue weighted by Gasteiger charge is 2.17. The van der Waals surface area contributed by atoms with E-state index < -0.39 is 0 Å². The smallest absolute Gasteiger partial charge is 0.140 e. The van der Waals surface area contributed by atoms with Crippen LogP contribution in [0.1, 0.15) is 122 Å². The first-order valence-electron chi connectivity index (χ1n) is 11.5. The van der Waals surface area contributed by atoms with Gasteiger partial charge in [-0.3, -0.25) is 4.79 Å². The monoisotopic (exact) mass is 376 g/mol. The first-order chi connectivity index (χ1) is 13.2. The van der Waals surface area contributed by atoms with E-state index in [0.29, 0.717) is 12.2 Å². The molecule has 0 fully saturated rings. The van der Waals surface area contributed by atoms with Gasteiger partial charge in [-0.05, 0) is 30.5 Å². The average molecular weight is 377 g/mol. The van der Waals surface area contributed by atoms with E-state index in [4.69, 9.17) is 0 Å². The molecular formula is C25H41FO. The predicted octanol–water partition coefficient (Wildman–Crippen LogP) is 8.37. The van der Waals surface area contributed by atoms with E-state index >= 15 is 0 Å². The molecule has 0 saturated heterocycles. The van der Waals surface area contributed by atoms with E-state index in [1.54, 1.807) is 12.1 Å². The van der Waals surface area contributed by atoms with Crippen LogP contribution >= 0.6 is 0 Å². The maximum atomic E-state index is 13.1. The maximum Gasteiger partial charge on any atom is 0.140 e. The minimum atomic E-state index is -0.238. The minimum Gasteiger partial charge on any atom is -0.299 e. The van der Waals surface area contributed by atoms with E-state index in [-0.39, 0.29) is 11.7 Å². The molecule has 1 aromatic rings. The largest absolute Gasteiger partial charge is 0.299 e. The Balaban J connectivity index is 2.01. The Morgan fingerprint density at radius 1 is 0.741 bits per heavy atom. The topological polar surface area (TPSA) is 17.1 Å². The fourth-order valence-corrected chi connectivity index (χ4v) is 3.84. The summed E-state index contributed by atoms with van der Waals surface area (Å²) in [5, 5.41) is 0. The highest BCUT2D eigenvalue weighted by atomic mass is 19.1. The molecule has 1 rings (SSSR count). The molecule has 0 aliphatic rings. The Morgan fingerprint density at radius 3 is 1.63 bits per heavy atom. The number of hydrogen-bond acceptors (Lipinski definition) is 1. The normalized spacial score (nSPS) is 12.3. The Hall–Kier alpha value is -1.18. The number of rotatable bonds is 17. The van der Waals surface area contributed by atoms with Gasteiger partial charge in [0.1, 0.15) is 11.6 Å². The van der Waals surface area contributed by atoms with E-state index in [1.807, 2.05) is 6.92 Å². The van der Waals surface area contributed by atoms with Gasteiger partial charge >= 0.3 is 0 Å². The van der Waals surface area contributed by atoms with Gasteiger partial charge in [0.15, 0.2) is 0 Å². The fourth-order valence-electron chi connectivity index (χ4n) is 3.84. The lowest BCUT2D eigenvalue weighted by atomic mass is 9.89. The van der Waals surface area contributed by atoms with Crippen molar-refractivity contribution in [3.63, 3.8) is 0 Å². The van der Waals surface area contributed by atoms with Crippen molar-refractivity contribution in [3.05, 3.63) is 35.6 Å². The third kappa shape index (κ3) is 11.3. The van der Waals surface area contributed by atoms with Gasteiger partial charge < -0.3 is 0 Å². The lowest BCUT2D eigenvalue weighted by Crippen LogP contribution is -2.11. The molecule has 0 heterocycles. The van der Waals surface area contributed by atoms with Gasteiger partial charge in [0, 0.05) is 12.3 Å². The van der Waals surface area contributed by atoms with Crippen molar-refractivity contribution in [2.45, 2.75) is 116 Å². The van der Waals surface area contributed by atoms with Gasteiger partial charge in [-0.25, -0.2) is 4.39 Å². The number of carbonyl (C=O) groups excluding carboxylic acids is 1. The van der Waals surface area contributed by atoms with E-state index in [2.05, 4.69) is 6.92 Å². The van der Waals surface area contributed by atoms with E-state index in [0.717, 1.165) is 24.8 Å². The van der Waals surface area contributed by atoms with Crippen molar-refractivity contribution in [1.82, 2.24) is 0 Å². The van der Waals surface area contributed by atoms with Crippen LogP contribution in [0.4, 0.5) is 4.39 Å². The summed E-state index contributed by atoms with van der Waals surface area (Å²) in [6.07, 6.45) is 18.6. The summed E-state index contributed by atoms with van der Waals surface area (Å²) in [6.45, 7) is 4.30. The standard InChI is InChI=1S/C25H41FO/c1-3-5-6-7-8-9-10-11-12-13-14-15-16-17-25(27)24(4-2)22-18-20-23(26)21-19-22/h18-21,24H,3-17H2,1-2H3. The zero-order valence-electron chi connectivity index (χ0n) is 17.8. The first kappa shape index (κ1) is 23.9. The summed E-state index contributed by atoms with van der Waals surface area (Å²) in [6, 6.07) is 6.42. The van der Waals surface area contributed by atoms with Crippen LogP contribution < -0.4 is 0 Å². The third-order valence-electron chi connectivity index (χ3n) is 5.60. The van der Waals surface area contributed by atoms with Crippen LogP contribution in [-0.4, -0.2) is 5.78 Å². The number of unbranched alkanes of at least 4 members (excludes halogenated alkanes) is 12. The van der Waals surface area contributed by atoms with Crippen molar-refractivity contribution >= 4 is 5.78 Å². The Labute approximate surface area is 167 Å². The third-order valence-corrected chi connectivity index (χ3v) is 5.60. The van der Waals surface area contributed by atoms with E-state index in [9.17, 15) is 9.18 Å². The molecule has 0 aromatic heterocycles. The van der Waals surface area contributed by atoms with Gasteiger partial charge in [0.05, 0.1) is 0 Å². The highest BCUT2D eigenvalue weighted by molar-refractivity contribution is 5.85. The predicted molar refractivity (Wildman–Crippen MR) is 115 cm³/mol. The molecule has 0 radical (unpaired) electrons. The molecule has 0 saturated carbocycles. The number of Topliss-reactive ketones (excluding diaryl/α,β-unsaturated/α-hetero) is 1. The van der Waals surface area contributed by atoms with Gasteiger partial charge in [0.2, 0.25) is 0 Å². The number of benzene rings is 1. The number of halogens is 1. The molecule has 1 aromatic carbocycles. The minimum absolute atomic E-state index is 0.0667. The number of hydrogen-bond donors (Lipinski definition) is 0. The number of carbonyl (C=O) groups is 1. The molecule has 1 unspecified atom stereocenters. The van der Waals surface area contributed by atoms with Crippen LogP contribution in [0, 0.1) is 5.82 Å². The molecular weight excluding hydrogens is 335 g/mol. The Morgan fingerprint density at radius 2 is 1.19 bits per heavy atom. The highest BCUT2D eigenvalue weighted by Crippen LogP contribution is 2.23. The van der Waals surface area contributed by atoms with Crippen LogP contribution in [0.3, 0.4) is 0 Å². The average Bonchev–Trinajstić information content (AvgIpc) is 2.67. The van der Waals surface area contributed by atoms with Crippen LogP contribution in [0.2, 0.25) is 0 Å². The fraction of sp³-hybridized carbons (Fsp3) is 0.720. The second-order valence-corrected chi connectivity index (χ2v) is 7.97.